The average Bonchev–Trinajstić information content (AvgIpc) is 2.03. The van der Waals surface area contributed by atoms with E-state index in [4.69, 9.17) is 15.2 Å². The molecule has 0 fully saturated rings. The van der Waals surface area contributed by atoms with Crippen molar-refractivity contribution in [2.24, 2.45) is 0 Å². The summed E-state index contributed by atoms with van der Waals surface area (Å²) in [6.07, 6.45) is 0. The first-order valence-corrected chi connectivity index (χ1v) is 3.46. The summed E-state index contributed by atoms with van der Waals surface area (Å²) in [5, 5.41) is 25.5. The van der Waals surface area contributed by atoms with Crippen LogP contribution in [0.3, 0.4) is 0 Å². The van der Waals surface area contributed by atoms with Crippen LogP contribution in [0, 0.1) is 0 Å². The number of aromatic carboxylic acids is 1. The van der Waals surface area contributed by atoms with E-state index in [-0.39, 0.29) is 51.9 Å². The van der Waals surface area contributed by atoms with E-state index in [2.05, 4.69) is 4.65 Å². The number of rotatable bonds is 3. The molecule has 3 N–H and O–H groups in total. The van der Waals surface area contributed by atoms with Crippen LogP contribution in [0.4, 0.5) is 0 Å². The summed E-state index contributed by atoms with van der Waals surface area (Å²) in [6, 6.07) is 5.69. The molecule has 0 unspecified atom stereocenters. The number of para-hydroxylation sites is 1. The van der Waals surface area contributed by atoms with Gasteiger partial charge in [0, 0.05) is 0 Å². The van der Waals surface area contributed by atoms with Crippen molar-refractivity contribution in [2.45, 2.75) is 0 Å². The fraction of sp³-hybridized carbons (Fsp3) is 0. The van der Waals surface area contributed by atoms with Crippen molar-refractivity contribution in [3.63, 3.8) is 0 Å². The van der Waals surface area contributed by atoms with Crippen molar-refractivity contribution in [3.05, 3.63) is 29.8 Å². The van der Waals surface area contributed by atoms with Gasteiger partial charge in [0.05, 0.1) is 5.56 Å². The number of carbonyl (C=O) groups is 1. The largest absolute Gasteiger partial charge is 2.00 e. The second kappa shape index (κ2) is 6.26. The molecule has 7 heteroatoms. The van der Waals surface area contributed by atoms with Gasteiger partial charge in [0.15, 0.2) is 0 Å². The first-order chi connectivity index (χ1) is 6.11. The van der Waals surface area contributed by atoms with Crippen molar-refractivity contribution in [1.82, 2.24) is 0 Å². The quantitative estimate of drug-likeness (QED) is 0.607. The first-order valence-electron chi connectivity index (χ1n) is 3.46. The summed E-state index contributed by atoms with van der Waals surface area (Å²) in [5.74, 6) is -1.26. The zero-order valence-electron chi connectivity index (χ0n) is 9.25. The maximum Gasteiger partial charge on any atom is 2.00 e. The van der Waals surface area contributed by atoms with Gasteiger partial charge in [0.1, 0.15) is 5.75 Å². The van der Waals surface area contributed by atoms with Gasteiger partial charge < -0.3 is 22.7 Å². The minimum atomic E-state index is -2.01. The standard InChI is InChI=1S/C7H7BO5.Ca.2H/c9-7(10)5-3-1-2-4-6(5)13-8(11)12;;;/h1-4,11-12H,(H,9,10);;;/q;+2;2*-1. The van der Waals surface area contributed by atoms with E-state index in [1.54, 1.807) is 0 Å². The predicted octanol–water partition coefficient (Wildman–Crippen LogP) is -0.423. The SMILES string of the molecule is O=C(O)c1ccccc1OB(O)O.[Ca+2].[H-].[H-]. The number of carboxylic acids is 1. The van der Waals surface area contributed by atoms with E-state index in [1.165, 1.54) is 24.3 Å². The van der Waals surface area contributed by atoms with Crippen LogP contribution >= 0.6 is 0 Å². The van der Waals surface area contributed by atoms with Gasteiger partial charge in [-0.3, -0.25) is 0 Å². The Morgan fingerprint density at radius 3 is 2.43 bits per heavy atom. The van der Waals surface area contributed by atoms with Crippen molar-refractivity contribution in [3.8, 4) is 5.75 Å². The third-order valence-electron chi connectivity index (χ3n) is 1.35. The minimum Gasteiger partial charge on any atom is -1.00 e. The summed E-state index contributed by atoms with van der Waals surface area (Å²) < 4.78 is 4.44. The Bertz CT molecular complexity index is 325. The van der Waals surface area contributed by atoms with Gasteiger partial charge in [0.25, 0.3) is 0 Å². The van der Waals surface area contributed by atoms with Gasteiger partial charge in [-0.2, -0.15) is 0 Å². The third kappa shape index (κ3) is 3.85. The molecule has 0 amide bonds. The smallest absolute Gasteiger partial charge is 1.00 e. The Morgan fingerprint density at radius 2 is 1.93 bits per heavy atom. The second-order valence-electron chi connectivity index (χ2n) is 2.25. The van der Waals surface area contributed by atoms with E-state index in [9.17, 15) is 4.79 Å². The van der Waals surface area contributed by atoms with E-state index in [0.717, 1.165) is 0 Å². The Balaban J connectivity index is -0.000000563. The molecule has 1 aromatic rings. The number of benzene rings is 1. The number of carboxylic acid groups (broad SMARTS) is 1. The molecule has 72 valence electrons. The van der Waals surface area contributed by atoms with Crippen molar-refractivity contribution in [2.75, 3.05) is 0 Å². The molecule has 0 aromatic heterocycles. The Kier molecular flexibility index (Phi) is 6.14. The predicted molar refractivity (Wildman–Crippen MR) is 52.2 cm³/mol. The van der Waals surface area contributed by atoms with Crippen molar-refractivity contribution < 1.29 is 27.5 Å². The van der Waals surface area contributed by atoms with Crippen molar-refractivity contribution >= 4 is 51.0 Å². The van der Waals surface area contributed by atoms with Crippen LogP contribution in [0.15, 0.2) is 24.3 Å². The van der Waals surface area contributed by atoms with Crippen LogP contribution in [0.5, 0.6) is 5.75 Å². The Morgan fingerprint density at radius 1 is 1.36 bits per heavy atom. The maximum absolute atomic E-state index is 10.6. The van der Waals surface area contributed by atoms with Gasteiger partial charge in [-0.05, 0) is 12.1 Å². The summed E-state index contributed by atoms with van der Waals surface area (Å²) in [6.45, 7) is 0. The summed E-state index contributed by atoms with van der Waals surface area (Å²) in [4.78, 5) is 10.6. The normalized spacial score (nSPS) is 8.71. The molecule has 0 aliphatic heterocycles. The van der Waals surface area contributed by atoms with Crippen LogP contribution in [0.2, 0.25) is 0 Å². The molecule has 1 aromatic carbocycles. The minimum absolute atomic E-state index is 0. The van der Waals surface area contributed by atoms with Gasteiger partial charge >= 0.3 is 51.0 Å². The fourth-order valence-electron chi connectivity index (χ4n) is 0.860. The molecule has 1 rings (SSSR count). The van der Waals surface area contributed by atoms with Gasteiger partial charge in [-0.1, -0.05) is 12.1 Å². The number of hydrogen-bond donors (Lipinski definition) is 3. The second-order valence-corrected chi connectivity index (χ2v) is 2.25. The van der Waals surface area contributed by atoms with Crippen LogP contribution in [0.25, 0.3) is 0 Å². The summed E-state index contributed by atoms with van der Waals surface area (Å²) >= 11 is 0. The molecule has 0 bridgehead atoms. The molecular weight excluding hydrogens is 215 g/mol. The van der Waals surface area contributed by atoms with Crippen LogP contribution in [-0.2, 0) is 0 Å². The molecule has 0 aliphatic rings. The van der Waals surface area contributed by atoms with E-state index >= 15 is 0 Å². The zero-order chi connectivity index (χ0) is 9.84. The van der Waals surface area contributed by atoms with Crippen LogP contribution in [-0.4, -0.2) is 66.2 Å². The summed E-state index contributed by atoms with van der Waals surface area (Å²) in [5.41, 5.74) is -0.115. The van der Waals surface area contributed by atoms with E-state index in [0.29, 0.717) is 0 Å². The molecule has 0 aliphatic carbocycles. The molecule has 0 atom stereocenters. The van der Waals surface area contributed by atoms with Crippen molar-refractivity contribution in [1.29, 1.82) is 0 Å². The summed E-state index contributed by atoms with van der Waals surface area (Å²) in [7, 11) is -2.01. The molecule has 0 saturated carbocycles. The average molecular weight is 224 g/mol. The van der Waals surface area contributed by atoms with Gasteiger partial charge in [0.2, 0.25) is 0 Å². The molecule has 0 spiro atoms. The Labute approximate surface area is 113 Å². The molecule has 5 nitrogen and oxygen atoms in total. The molecule has 0 saturated heterocycles. The zero-order valence-corrected chi connectivity index (χ0v) is 9.46. The number of hydrogen-bond acceptors (Lipinski definition) is 4. The maximum atomic E-state index is 10.6. The molecule has 0 radical (unpaired) electrons. The van der Waals surface area contributed by atoms with Crippen LogP contribution in [0.1, 0.15) is 13.2 Å². The molecule has 0 heterocycles. The Hall–Kier alpha value is -0.265. The molecular formula is C7H9BCaO5. The third-order valence-corrected chi connectivity index (χ3v) is 1.35. The van der Waals surface area contributed by atoms with E-state index < -0.39 is 13.3 Å². The van der Waals surface area contributed by atoms with Gasteiger partial charge in [-0.25, -0.2) is 4.79 Å². The van der Waals surface area contributed by atoms with Crippen LogP contribution < -0.4 is 4.65 Å². The topological polar surface area (TPSA) is 87.0 Å². The first kappa shape index (κ1) is 13.7. The van der Waals surface area contributed by atoms with E-state index in [1.807, 2.05) is 0 Å². The fourth-order valence-corrected chi connectivity index (χ4v) is 0.860. The van der Waals surface area contributed by atoms with Gasteiger partial charge in [-0.15, -0.1) is 0 Å². The monoisotopic (exact) mass is 224 g/mol. The molecule has 14 heavy (non-hydrogen) atoms.